The number of carbonyl (C=O) groups excluding carboxylic acids is 2. The molecule has 2 aliphatic heterocycles. The van der Waals surface area contributed by atoms with Gasteiger partial charge >= 0.3 is 6.03 Å². The molecule has 2 heterocycles. The van der Waals surface area contributed by atoms with Gasteiger partial charge in [0.2, 0.25) is 0 Å². The second-order valence-corrected chi connectivity index (χ2v) is 10.1. The van der Waals surface area contributed by atoms with Crippen LogP contribution in [0, 0.1) is 20.8 Å². The van der Waals surface area contributed by atoms with Crippen molar-refractivity contribution >= 4 is 35.1 Å². The van der Waals surface area contributed by atoms with Gasteiger partial charge in [-0.1, -0.05) is 54.1 Å². The Labute approximate surface area is 198 Å². The SMILES string of the molecule is Cc1ccc(CN2C(=O)C3(SCCN3C(=O)Nc3ccc(C)c(C)c3)c3ccccc32)cc1. The van der Waals surface area contributed by atoms with Crippen LogP contribution in [0.2, 0.25) is 0 Å². The van der Waals surface area contributed by atoms with Gasteiger partial charge in [0.15, 0.2) is 4.87 Å². The van der Waals surface area contributed by atoms with Gasteiger partial charge in [-0.25, -0.2) is 4.79 Å². The van der Waals surface area contributed by atoms with Crippen LogP contribution in [0.5, 0.6) is 0 Å². The predicted octanol–water partition coefficient (Wildman–Crippen LogP) is 5.59. The minimum absolute atomic E-state index is 0.0537. The van der Waals surface area contributed by atoms with Crippen LogP contribution in [0.25, 0.3) is 0 Å². The number of thioether (sulfide) groups is 1. The van der Waals surface area contributed by atoms with Crippen LogP contribution in [-0.4, -0.2) is 29.1 Å². The highest BCUT2D eigenvalue weighted by atomic mass is 32.2. The van der Waals surface area contributed by atoms with Crippen molar-refractivity contribution in [3.63, 3.8) is 0 Å². The fraction of sp³-hybridized carbons (Fsp3) is 0.259. The molecule has 33 heavy (non-hydrogen) atoms. The molecule has 5 rings (SSSR count). The Bertz CT molecular complexity index is 1240. The van der Waals surface area contributed by atoms with E-state index >= 15 is 0 Å². The number of hydrogen-bond donors (Lipinski definition) is 1. The van der Waals surface area contributed by atoms with Crippen molar-refractivity contribution in [3.8, 4) is 0 Å². The third-order valence-corrected chi connectivity index (χ3v) is 7.98. The number of hydrogen-bond acceptors (Lipinski definition) is 3. The lowest BCUT2D eigenvalue weighted by atomic mass is 10.1. The number of nitrogens with zero attached hydrogens (tertiary/aromatic N) is 2. The maximum atomic E-state index is 14.0. The third kappa shape index (κ3) is 3.59. The summed E-state index contributed by atoms with van der Waals surface area (Å²) in [7, 11) is 0. The molecule has 3 aromatic carbocycles. The molecule has 0 aromatic heterocycles. The lowest BCUT2D eigenvalue weighted by Gasteiger charge is -2.33. The molecule has 1 saturated heterocycles. The van der Waals surface area contributed by atoms with Crippen LogP contribution >= 0.6 is 11.8 Å². The highest BCUT2D eigenvalue weighted by molar-refractivity contribution is 8.01. The predicted molar refractivity (Wildman–Crippen MR) is 135 cm³/mol. The minimum atomic E-state index is -1.04. The summed E-state index contributed by atoms with van der Waals surface area (Å²) in [4.78, 5) is 30.0. The molecule has 168 valence electrons. The third-order valence-electron chi connectivity index (χ3n) is 6.57. The zero-order valence-electron chi connectivity index (χ0n) is 19.1. The Morgan fingerprint density at radius 1 is 1.00 bits per heavy atom. The smallest absolute Gasteiger partial charge is 0.308 e. The first-order valence-corrected chi connectivity index (χ1v) is 12.2. The average molecular weight is 458 g/mol. The van der Waals surface area contributed by atoms with E-state index in [-0.39, 0.29) is 11.9 Å². The molecule has 0 bridgehead atoms. The number of benzene rings is 3. The quantitative estimate of drug-likeness (QED) is 0.558. The highest BCUT2D eigenvalue weighted by Gasteiger charge is 2.59. The number of anilines is 2. The van der Waals surface area contributed by atoms with E-state index in [0.29, 0.717) is 18.8 Å². The van der Waals surface area contributed by atoms with E-state index in [1.54, 1.807) is 16.7 Å². The maximum Gasteiger partial charge on any atom is 0.323 e. The van der Waals surface area contributed by atoms with E-state index in [9.17, 15) is 9.59 Å². The molecule has 0 aliphatic carbocycles. The van der Waals surface area contributed by atoms with Crippen molar-refractivity contribution in [2.75, 3.05) is 22.5 Å². The van der Waals surface area contributed by atoms with Gasteiger partial charge in [0, 0.05) is 23.5 Å². The van der Waals surface area contributed by atoms with Crippen molar-refractivity contribution in [3.05, 3.63) is 94.5 Å². The highest BCUT2D eigenvalue weighted by Crippen LogP contribution is 2.54. The molecule has 3 amide bonds. The van der Waals surface area contributed by atoms with Gasteiger partial charge < -0.3 is 10.2 Å². The fourth-order valence-corrected chi connectivity index (χ4v) is 6.07. The second-order valence-electron chi connectivity index (χ2n) is 8.77. The van der Waals surface area contributed by atoms with Crippen molar-refractivity contribution in [1.82, 2.24) is 4.90 Å². The number of aryl methyl sites for hydroxylation is 3. The maximum absolute atomic E-state index is 14.0. The molecule has 1 unspecified atom stereocenters. The molecule has 1 spiro atoms. The Hall–Kier alpha value is -3.25. The van der Waals surface area contributed by atoms with Gasteiger partial charge in [0.1, 0.15) is 0 Å². The summed E-state index contributed by atoms with van der Waals surface area (Å²) in [5, 5.41) is 3.03. The fourth-order valence-electron chi connectivity index (χ4n) is 4.61. The number of carbonyl (C=O) groups is 2. The van der Waals surface area contributed by atoms with Crippen LogP contribution < -0.4 is 10.2 Å². The summed E-state index contributed by atoms with van der Waals surface area (Å²) < 4.78 is 0. The van der Waals surface area contributed by atoms with Gasteiger partial charge in [-0.15, -0.1) is 11.8 Å². The number of fused-ring (bicyclic) bond motifs is 2. The zero-order valence-corrected chi connectivity index (χ0v) is 19.9. The molecule has 1 atom stereocenters. The largest absolute Gasteiger partial charge is 0.323 e. The Kier molecular flexibility index (Phi) is 5.41. The van der Waals surface area contributed by atoms with Gasteiger partial charge in [-0.3, -0.25) is 9.69 Å². The van der Waals surface area contributed by atoms with Crippen LogP contribution in [0.3, 0.4) is 0 Å². The lowest BCUT2D eigenvalue weighted by molar-refractivity contribution is -0.123. The number of rotatable bonds is 3. The Morgan fingerprint density at radius 2 is 1.76 bits per heavy atom. The molecule has 5 nitrogen and oxygen atoms in total. The lowest BCUT2D eigenvalue weighted by Crippen LogP contribution is -2.51. The van der Waals surface area contributed by atoms with Crippen LogP contribution in [0.4, 0.5) is 16.2 Å². The van der Waals surface area contributed by atoms with Crippen LogP contribution in [0.15, 0.2) is 66.7 Å². The van der Waals surface area contributed by atoms with Gasteiger partial charge in [0.25, 0.3) is 5.91 Å². The van der Waals surface area contributed by atoms with Crippen LogP contribution in [-0.2, 0) is 16.2 Å². The summed E-state index contributed by atoms with van der Waals surface area (Å²) in [5.74, 6) is 0.653. The van der Waals surface area contributed by atoms with E-state index in [1.807, 2.05) is 61.2 Å². The first kappa shape index (κ1) is 21.6. The van der Waals surface area contributed by atoms with Crippen molar-refractivity contribution in [2.24, 2.45) is 0 Å². The van der Waals surface area contributed by atoms with Crippen molar-refractivity contribution in [1.29, 1.82) is 0 Å². The van der Waals surface area contributed by atoms with E-state index in [1.165, 1.54) is 11.1 Å². The van der Waals surface area contributed by atoms with E-state index in [2.05, 4.69) is 36.5 Å². The molecular formula is C27H27N3O2S. The molecular weight excluding hydrogens is 430 g/mol. The monoisotopic (exact) mass is 457 g/mol. The standard InChI is InChI=1S/C27H27N3O2S/c1-18-8-11-21(12-9-18)17-29-24-7-5-4-6-23(24)27(25(29)31)30(14-15-33-27)26(32)28-22-13-10-19(2)20(3)16-22/h4-13,16H,14-15,17H2,1-3H3,(H,28,32). The molecule has 0 saturated carbocycles. The minimum Gasteiger partial charge on any atom is -0.308 e. The molecule has 1 fully saturated rings. The topological polar surface area (TPSA) is 52.7 Å². The van der Waals surface area contributed by atoms with Gasteiger partial charge in [-0.2, -0.15) is 0 Å². The number of urea groups is 1. The van der Waals surface area contributed by atoms with E-state index in [0.717, 1.165) is 28.1 Å². The zero-order chi connectivity index (χ0) is 23.2. The van der Waals surface area contributed by atoms with Crippen molar-refractivity contribution in [2.45, 2.75) is 32.2 Å². The second kappa shape index (κ2) is 8.27. The Balaban J connectivity index is 1.49. The molecule has 2 aliphatic rings. The molecule has 1 N–H and O–H groups in total. The molecule has 0 radical (unpaired) electrons. The summed E-state index contributed by atoms with van der Waals surface area (Å²) in [5.41, 5.74) is 7.04. The first-order valence-electron chi connectivity index (χ1n) is 11.2. The van der Waals surface area contributed by atoms with E-state index in [4.69, 9.17) is 0 Å². The van der Waals surface area contributed by atoms with Crippen molar-refractivity contribution < 1.29 is 9.59 Å². The van der Waals surface area contributed by atoms with Gasteiger partial charge in [0.05, 0.1) is 12.2 Å². The number of para-hydroxylation sites is 1. The first-order chi connectivity index (χ1) is 15.9. The summed E-state index contributed by atoms with van der Waals surface area (Å²) in [6.45, 7) is 7.11. The number of nitrogens with one attached hydrogen (secondary N) is 1. The van der Waals surface area contributed by atoms with Gasteiger partial charge in [-0.05, 0) is 55.7 Å². The van der Waals surface area contributed by atoms with Crippen LogP contribution in [0.1, 0.15) is 27.8 Å². The average Bonchev–Trinajstić information content (AvgIpc) is 3.35. The Morgan fingerprint density at radius 3 is 2.52 bits per heavy atom. The summed E-state index contributed by atoms with van der Waals surface area (Å²) >= 11 is 1.55. The summed E-state index contributed by atoms with van der Waals surface area (Å²) in [6, 6.07) is 21.7. The summed E-state index contributed by atoms with van der Waals surface area (Å²) in [6.07, 6.45) is 0. The molecule has 6 heteroatoms. The molecule has 3 aromatic rings. The van der Waals surface area contributed by atoms with E-state index < -0.39 is 4.87 Å². The number of amides is 3. The normalized spacial score (nSPS) is 19.3.